The van der Waals surface area contributed by atoms with Gasteiger partial charge in [0, 0.05) is 0 Å². The first-order valence-electron chi connectivity index (χ1n) is 10.1. The molecule has 2 unspecified atom stereocenters. The van der Waals surface area contributed by atoms with E-state index in [4.69, 9.17) is 14.2 Å². The molecular weight excluding hydrogens is 356 g/mol. The van der Waals surface area contributed by atoms with Crippen LogP contribution >= 0.6 is 0 Å². The van der Waals surface area contributed by atoms with Crippen molar-refractivity contribution in [2.24, 2.45) is 11.8 Å². The van der Waals surface area contributed by atoms with E-state index in [-0.39, 0.29) is 30.6 Å². The molecule has 0 aliphatic heterocycles. The highest BCUT2D eigenvalue weighted by atomic mass is 16.6. The Bertz CT molecular complexity index is 603. The third kappa shape index (κ3) is 8.59. The van der Waals surface area contributed by atoms with Gasteiger partial charge in [0.1, 0.15) is 11.3 Å². The van der Waals surface area contributed by atoms with Crippen molar-refractivity contribution >= 4 is 18.0 Å². The van der Waals surface area contributed by atoms with E-state index in [2.05, 4.69) is 13.8 Å². The van der Waals surface area contributed by atoms with Crippen LogP contribution < -0.4 is 4.74 Å². The van der Waals surface area contributed by atoms with Crippen LogP contribution in [0, 0.1) is 11.8 Å². The molecule has 0 bridgehead atoms. The normalized spacial score (nSPS) is 12.6. The van der Waals surface area contributed by atoms with Crippen LogP contribution in [-0.2, 0) is 19.1 Å². The SMILES string of the molecule is CCCC(C)COC(=O)C(=Cc1ccc(OC)cc1)C(=O)OCC(C)CCC. The van der Waals surface area contributed by atoms with Crippen LogP contribution in [0.15, 0.2) is 29.8 Å². The molecule has 0 saturated heterocycles. The van der Waals surface area contributed by atoms with Crippen molar-refractivity contribution in [2.45, 2.75) is 53.4 Å². The van der Waals surface area contributed by atoms with Gasteiger partial charge in [-0.05, 0) is 48.4 Å². The minimum absolute atomic E-state index is 0.0856. The summed E-state index contributed by atoms with van der Waals surface area (Å²) in [6.45, 7) is 8.78. The van der Waals surface area contributed by atoms with Crippen LogP contribution in [-0.4, -0.2) is 32.3 Å². The van der Waals surface area contributed by atoms with Gasteiger partial charge in [-0.25, -0.2) is 9.59 Å². The van der Waals surface area contributed by atoms with Gasteiger partial charge in [0.25, 0.3) is 0 Å². The van der Waals surface area contributed by atoms with Crippen LogP contribution in [0.2, 0.25) is 0 Å². The summed E-state index contributed by atoms with van der Waals surface area (Å²) in [6, 6.07) is 7.09. The first kappa shape index (κ1) is 23.7. The van der Waals surface area contributed by atoms with Crippen molar-refractivity contribution in [1.29, 1.82) is 0 Å². The molecule has 5 heteroatoms. The maximum atomic E-state index is 12.6. The zero-order valence-corrected chi connectivity index (χ0v) is 17.8. The third-order valence-corrected chi connectivity index (χ3v) is 4.43. The van der Waals surface area contributed by atoms with Crippen molar-refractivity contribution in [1.82, 2.24) is 0 Å². The second-order valence-electron chi connectivity index (χ2n) is 7.32. The highest BCUT2D eigenvalue weighted by Gasteiger charge is 2.23. The molecule has 1 aromatic rings. The quantitative estimate of drug-likeness (QED) is 0.217. The monoisotopic (exact) mass is 390 g/mol. The van der Waals surface area contributed by atoms with Gasteiger partial charge in [-0.1, -0.05) is 52.7 Å². The molecule has 0 spiro atoms. The number of hydrogen-bond acceptors (Lipinski definition) is 5. The smallest absolute Gasteiger partial charge is 0.345 e. The third-order valence-electron chi connectivity index (χ3n) is 4.43. The van der Waals surface area contributed by atoms with E-state index in [9.17, 15) is 9.59 Å². The number of carbonyl (C=O) groups excluding carboxylic acids is 2. The minimum Gasteiger partial charge on any atom is -0.497 e. The number of ether oxygens (including phenoxy) is 3. The number of rotatable bonds is 12. The molecule has 2 atom stereocenters. The molecule has 0 amide bonds. The highest BCUT2D eigenvalue weighted by Crippen LogP contribution is 2.17. The summed E-state index contributed by atoms with van der Waals surface area (Å²) in [5, 5.41) is 0. The van der Waals surface area contributed by atoms with Gasteiger partial charge >= 0.3 is 11.9 Å². The zero-order valence-electron chi connectivity index (χ0n) is 17.8. The Balaban J connectivity index is 2.92. The molecule has 1 aromatic carbocycles. The fourth-order valence-corrected chi connectivity index (χ4v) is 2.81. The van der Waals surface area contributed by atoms with E-state index in [0.29, 0.717) is 11.3 Å². The Labute approximate surface area is 169 Å². The van der Waals surface area contributed by atoms with E-state index < -0.39 is 11.9 Å². The maximum Gasteiger partial charge on any atom is 0.345 e. The van der Waals surface area contributed by atoms with Gasteiger partial charge in [0.2, 0.25) is 0 Å². The van der Waals surface area contributed by atoms with Crippen molar-refractivity contribution in [3.63, 3.8) is 0 Å². The molecule has 0 radical (unpaired) electrons. The lowest BCUT2D eigenvalue weighted by molar-refractivity contribution is -0.148. The van der Waals surface area contributed by atoms with Gasteiger partial charge in [-0.15, -0.1) is 0 Å². The fourth-order valence-electron chi connectivity index (χ4n) is 2.81. The van der Waals surface area contributed by atoms with Gasteiger partial charge in [0.15, 0.2) is 0 Å². The molecular formula is C23H34O5. The predicted molar refractivity (Wildman–Crippen MR) is 111 cm³/mol. The number of carbonyl (C=O) groups is 2. The maximum absolute atomic E-state index is 12.6. The van der Waals surface area contributed by atoms with Crippen LogP contribution in [0.5, 0.6) is 5.75 Å². The van der Waals surface area contributed by atoms with E-state index in [1.54, 1.807) is 31.4 Å². The molecule has 5 nitrogen and oxygen atoms in total. The number of methoxy groups -OCH3 is 1. The summed E-state index contributed by atoms with van der Waals surface area (Å²) in [5.41, 5.74) is 0.616. The molecule has 0 aliphatic rings. The van der Waals surface area contributed by atoms with Gasteiger partial charge < -0.3 is 14.2 Å². The summed E-state index contributed by atoms with van der Waals surface area (Å²) in [4.78, 5) is 25.2. The fraction of sp³-hybridized carbons (Fsp3) is 0.565. The standard InChI is InChI=1S/C23H34O5/c1-6-8-17(3)15-27-22(24)21(23(25)28-16-18(4)9-7-2)14-19-10-12-20(26-5)13-11-19/h10-14,17-18H,6-9,15-16H2,1-5H3. The Kier molecular flexibility index (Phi) is 11.0. The lowest BCUT2D eigenvalue weighted by atomic mass is 10.1. The molecule has 156 valence electrons. The van der Waals surface area contributed by atoms with Crippen molar-refractivity contribution < 1.29 is 23.8 Å². The summed E-state index contributed by atoms with van der Waals surface area (Å²) in [6.07, 6.45) is 5.47. The molecule has 0 saturated carbocycles. The average molecular weight is 391 g/mol. The number of benzene rings is 1. The molecule has 0 aliphatic carbocycles. The average Bonchev–Trinajstić information content (AvgIpc) is 2.69. The molecule has 0 heterocycles. The van der Waals surface area contributed by atoms with Crippen molar-refractivity contribution in [2.75, 3.05) is 20.3 Å². The molecule has 0 aromatic heterocycles. The van der Waals surface area contributed by atoms with Gasteiger partial charge in [0.05, 0.1) is 20.3 Å². The van der Waals surface area contributed by atoms with E-state index in [1.807, 2.05) is 13.8 Å². The first-order valence-corrected chi connectivity index (χ1v) is 10.1. The van der Waals surface area contributed by atoms with Crippen molar-refractivity contribution in [3.8, 4) is 5.75 Å². The second-order valence-corrected chi connectivity index (χ2v) is 7.32. The van der Waals surface area contributed by atoms with Crippen LogP contribution in [0.25, 0.3) is 6.08 Å². The number of hydrogen-bond donors (Lipinski definition) is 0. The minimum atomic E-state index is -0.646. The van der Waals surface area contributed by atoms with Gasteiger partial charge in [-0.2, -0.15) is 0 Å². The van der Waals surface area contributed by atoms with Crippen LogP contribution in [0.3, 0.4) is 0 Å². The number of esters is 2. The summed E-state index contributed by atoms with van der Waals surface area (Å²) < 4.78 is 15.9. The van der Waals surface area contributed by atoms with E-state index in [0.717, 1.165) is 25.7 Å². The van der Waals surface area contributed by atoms with Crippen molar-refractivity contribution in [3.05, 3.63) is 35.4 Å². The molecule has 0 N–H and O–H groups in total. The second kappa shape index (κ2) is 13.0. The summed E-state index contributed by atoms with van der Waals surface area (Å²) in [5.74, 6) is -0.0990. The van der Waals surface area contributed by atoms with Gasteiger partial charge in [-0.3, -0.25) is 0 Å². The Morgan fingerprint density at radius 2 is 1.36 bits per heavy atom. The van der Waals surface area contributed by atoms with E-state index in [1.165, 1.54) is 6.08 Å². The topological polar surface area (TPSA) is 61.8 Å². The lowest BCUT2D eigenvalue weighted by Crippen LogP contribution is -2.22. The first-order chi connectivity index (χ1) is 13.4. The predicted octanol–water partition coefficient (Wildman–Crippen LogP) is 5.04. The summed E-state index contributed by atoms with van der Waals surface area (Å²) in [7, 11) is 1.58. The van der Waals surface area contributed by atoms with E-state index >= 15 is 0 Å². The van der Waals surface area contributed by atoms with Crippen LogP contribution in [0.4, 0.5) is 0 Å². The highest BCUT2D eigenvalue weighted by molar-refractivity contribution is 6.17. The molecule has 1 rings (SSSR count). The molecule has 0 fully saturated rings. The largest absolute Gasteiger partial charge is 0.497 e. The summed E-state index contributed by atoms with van der Waals surface area (Å²) >= 11 is 0. The molecule has 28 heavy (non-hydrogen) atoms. The lowest BCUT2D eigenvalue weighted by Gasteiger charge is -2.14. The Morgan fingerprint density at radius 3 is 1.75 bits per heavy atom. The zero-order chi connectivity index (χ0) is 20.9. The van der Waals surface area contributed by atoms with Crippen LogP contribution in [0.1, 0.15) is 58.9 Å². The Morgan fingerprint density at radius 1 is 0.893 bits per heavy atom. The Hall–Kier alpha value is -2.30.